The van der Waals surface area contributed by atoms with Gasteiger partial charge in [-0.05, 0) is 77.0 Å². The smallest absolute Gasteiger partial charge is 0.312 e. The highest BCUT2D eigenvalue weighted by Gasteiger charge is 2.61. The van der Waals surface area contributed by atoms with Gasteiger partial charge in [-0.1, -0.05) is 27.2 Å². The van der Waals surface area contributed by atoms with Crippen LogP contribution in [0.3, 0.4) is 0 Å². The van der Waals surface area contributed by atoms with Crippen molar-refractivity contribution < 1.29 is 19.0 Å². The Morgan fingerprint density at radius 1 is 1.07 bits per heavy atom. The molecular weight excluding hydrogens is 340 g/mol. The number of rotatable bonds is 9. The zero-order chi connectivity index (χ0) is 19.9. The first-order chi connectivity index (χ1) is 12.7. The molecule has 0 aromatic carbocycles. The monoisotopic (exact) mass is 380 g/mol. The van der Waals surface area contributed by atoms with Gasteiger partial charge in [0.25, 0.3) is 0 Å². The lowest BCUT2D eigenvalue weighted by atomic mass is 9.52. The molecule has 0 aromatic heterocycles. The van der Waals surface area contributed by atoms with Crippen LogP contribution in [0.2, 0.25) is 0 Å². The van der Waals surface area contributed by atoms with E-state index >= 15 is 0 Å². The topological polar surface area (TPSA) is 44.8 Å². The van der Waals surface area contributed by atoms with Crippen molar-refractivity contribution in [3.8, 4) is 0 Å². The van der Waals surface area contributed by atoms with Crippen molar-refractivity contribution in [1.82, 2.24) is 0 Å². The minimum Gasteiger partial charge on any atom is -0.459 e. The Morgan fingerprint density at radius 3 is 2.19 bits per heavy atom. The minimum atomic E-state index is -0.398. The van der Waals surface area contributed by atoms with Gasteiger partial charge in [-0.25, -0.2) is 0 Å². The standard InChI is InChI=1S/C23H40O4/c1-7-9-21(6,16(3)4)20(24)27-23-13-18-10-19(14-23)12-22(11-18,15-23)26-17(5)25-8-2/h16-19H,7-15H2,1-6H3. The fourth-order valence-corrected chi connectivity index (χ4v) is 6.43. The van der Waals surface area contributed by atoms with E-state index in [4.69, 9.17) is 14.2 Å². The summed E-state index contributed by atoms with van der Waals surface area (Å²) < 4.78 is 18.6. The summed E-state index contributed by atoms with van der Waals surface area (Å²) in [6.07, 6.45) is 8.03. The lowest BCUT2D eigenvalue weighted by Gasteiger charge is -2.61. The number of carbonyl (C=O) groups is 1. The van der Waals surface area contributed by atoms with Crippen LogP contribution < -0.4 is 0 Å². The quantitative estimate of drug-likeness (QED) is 0.392. The van der Waals surface area contributed by atoms with Crippen LogP contribution >= 0.6 is 0 Å². The fourth-order valence-electron chi connectivity index (χ4n) is 6.43. The van der Waals surface area contributed by atoms with Gasteiger partial charge in [-0.2, -0.15) is 0 Å². The Bertz CT molecular complexity index is 528. The number of esters is 1. The highest BCUT2D eigenvalue weighted by molar-refractivity contribution is 5.77. The molecule has 0 N–H and O–H groups in total. The van der Waals surface area contributed by atoms with Gasteiger partial charge in [0.05, 0.1) is 11.0 Å². The number of hydrogen-bond acceptors (Lipinski definition) is 4. The van der Waals surface area contributed by atoms with Crippen LogP contribution in [0.4, 0.5) is 0 Å². The Kier molecular flexibility index (Phi) is 5.99. The number of ether oxygens (including phenoxy) is 3. The summed E-state index contributed by atoms with van der Waals surface area (Å²) in [5.74, 6) is 1.52. The van der Waals surface area contributed by atoms with Crippen molar-refractivity contribution in [1.29, 1.82) is 0 Å². The van der Waals surface area contributed by atoms with Crippen molar-refractivity contribution >= 4 is 5.97 Å². The number of hydrogen-bond donors (Lipinski definition) is 0. The average Bonchev–Trinajstić information content (AvgIpc) is 2.52. The van der Waals surface area contributed by atoms with Crippen LogP contribution in [0.15, 0.2) is 0 Å². The molecule has 156 valence electrons. The van der Waals surface area contributed by atoms with Crippen molar-refractivity contribution in [3.63, 3.8) is 0 Å². The first-order valence-electron chi connectivity index (χ1n) is 11.2. The molecule has 0 heterocycles. The molecule has 0 spiro atoms. The van der Waals surface area contributed by atoms with Crippen LogP contribution in [-0.2, 0) is 19.0 Å². The number of carbonyl (C=O) groups excluding carboxylic acids is 1. The van der Waals surface area contributed by atoms with Gasteiger partial charge in [0.15, 0.2) is 6.29 Å². The van der Waals surface area contributed by atoms with Crippen molar-refractivity contribution in [2.75, 3.05) is 6.61 Å². The third-order valence-corrected chi connectivity index (χ3v) is 7.59. The predicted octanol–water partition coefficient (Wildman–Crippen LogP) is 5.48. The maximum Gasteiger partial charge on any atom is 0.312 e. The zero-order valence-corrected chi connectivity index (χ0v) is 18.3. The van der Waals surface area contributed by atoms with E-state index in [1.165, 1.54) is 6.42 Å². The Hall–Kier alpha value is -0.610. The van der Waals surface area contributed by atoms with Gasteiger partial charge >= 0.3 is 5.97 Å². The average molecular weight is 381 g/mol. The molecule has 4 heteroatoms. The second-order valence-corrected chi connectivity index (χ2v) is 10.2. The first-order valence-corrected chi connectivity index (χ1v) is 11.2. The lowest BCUT2D eigenvalue weighted by Crippen LogP contribution is -2.62. The van der Waals surface area contributed by atoms with Gasteiger partial charge in [0.1, 0.15) is 5.60 Å². The Labute approximate surface area is 165 Å². The Morgan fingerprint density at radius 2 is 1.67 bits per heavy atom. The van der Waals surface area contributed by atoms with Crippen molar-refractivity contribution in [2.24, 2.45) is 23.2 Å². The van der Waals surface area contributed by atoms with Gasteiger partial charge in [0, 0.05) is 13.0 Å². The molecule has 4 fully saturated rings. The molecule has 4 nitrogen and oxygen atoms in total. The van der Waals surface area contributed by atoms with Crippen LogP contribution in [0.25, 0.3) is 0 Å². The van der Waals surface area contributed by atoms with Gasteiger partial charge in [0.2, 0.25) is 0 Å². The van der Waals surface area contributed by atoms with Crippen LogP contribution in [0, 0.1) is 23.2 Å². The summed E-state index contributed by atoms with van der Waals surface area (Å²) in [6.45, 7) is 13.2. The van der Waals surface area contributed by atoms with E-state index in [-0.39, 0.29) is 29.4 Å². The highest BCUT2D eigenvalue weighted by Crippen LogP contribution is 2.61. The van der Waals surface area contributed by atoms with E-state index in [0.717, 1.165) is 44.9 Å². The molecule has 0 amide bonds. The molecule has 4 atom stereocenters. The van der Waals surface area contributed by atoms with Gasteiger partial charge in [-0.15, -0.1) is 0 Å². The summed E-state index contributed by atoms with van der Waals surface area (Å²) in [4.78, 5) is 13.3. The second kappa shape index (κ2) is 7.67. The van der Waals surface area contributed by atoms with Crippen LogP contribution in [0.5, 0.6) is 0 Å². The third-order valence-electron chi connectivity index (χ3n) is 7.59. The lowest BCUT2D eigenvalue weighted by molar-refractivity contribution is -0.280. The predicted molar refractivity (Wildman–Crippen MR) is 106 cm³/mol. The summed E-state index contributed by atoms with van der Waals surface area (Å²) in [5, 5.41) is 0. The van der Waals surface area contributed by atoms with Gasteiger partial charge in [-0.3, -0.25) is 4.79 Å². The molecule has 4 aliphatic carbocycles. The SMILES string of the molecule is CCCC(C)(C(=O)OC12CC3CC(C1)CC(OC(C)OCC)(C3)C2)C(C)C. The third kappa shape index (κ3) is 4.07. The van der Waals surface area contributed by atoms with E-state index in [1.807, 2.05) is 13.8 Å². The maximum atomic E-state index is 13.3. The molecule has 4 aliphatic rings. The summed E-state index contributed by atoms with van der Waals surface area (Å²) in [7, 11) is 0. The summed E-state index contributed by atoms with van der Waals surface area (Å²) >= 11 is 0. The minimum absolute atomic E-state index is 0.00862. The first kappa shape index (κ1) is 21.1. The molecule has 0 aromatic rings. The highest BCUT2D eigenvalue weighted by atomic mass is 16.7. The summed E-state index contributed by atoms with van der Waals surface area (Å²) in [5.41, 5.74) is -0.889. The molecular formula is C23H40O4. The van der Waals surface area contributed by atoms with E-state index in [1.54, 1.807) is 0 Å². The molecule has 0 saturated heterocycles. The molecule has 4 bridgehead atoms. The van der Waals surface area contributed by atoms with Crippen LogP contribution in [-0.4, -0.2) is 30.1 Å². The molecule has 27 heavy (non-hydrogen) atoms. The van der Waals surface area contributed by atoms with Gasteiger partial charge < -0.3 is 14.2 Å². The molecule has 0 aliphatic heterocycles. The normalized spacial score (nSPS) is 38.0. The zero-order valence-electron chi connectivity index (χ0n) is 18.3. The molecule has 4 unspecified atom stereocenters. The fraction of sp³-hybridized carbons (Fsp3) is 0.957. The molecule has 0 radical (unpaired) electrons. The largest absolute Gasteiger partial charge is 0.459 e. The van der Waals surface area contributed by atoms with Crippen molar-refractivity contribution in [2.45, 2.75) is 110 Å². The maximum absolute atomic E-state index is 13.3. The molecule has 4 rings (SSSR count). The second-order valence-electron chi connectivity index (χ2n) is 10.2. The molecule has 4 saturated carbocycles. The van der Waals surface area contributed by atoms with E-state index in [2.05, 4.69) is 27.7 Å². The van der Waals surface area contributed by atoms with Crippen LogP contribution in [0.1, 0.15) is 92.9 Å². The van der Waals surface area contributed by atoms with Crippen molar-refractivity contribution in [3.05, 3.63) is 0 Å². The van der Waals surface area contributed by atoms with E-state index in [9.17, 15) is 4.79 Å². The summed E-state index contributed by atoms with van der Waals surface area (Å²) in [6, 6.07) is 0. The van der Waals surface area contributed by atoms with E-state index < -0.39 is 5.41 Å². The van der Waals surface area contributed by atoms with E-state index in [0.29, 0.717) is 18.4 Å². The Balaban J connectivity index is 1.78.